The van der Waals surface area contributed by atoms with Crippen LogP contribution in [0, 0.1) is 0 Å². The minimum atomic E-state index is -0.160. The Bertz CT molecular complexity index is 435. The van der Waals surface area contributed by atoms with Gasteiger partial charge in [-0.15, -0.1) is 0 Å². The van der Waals surface area contributed by atoms with Crippen molar-refractivity contribution >= 4 is 14.2 Å². The molecule has 0 amide bonds. The molecule has 0 atom stereocenters. The zero-order valence-electron chi connectivity index (χ0n) is 13.1. The van der Waals surface area contributed by atoms with E-state index >= 15 is 0 Å². The Labute approximate surface area is 122 Å². The molecule has 1 saturated heterocycles. The van der Waals surface area contributed by atoms with E-state index in [0.717, 1.165) is 11.5 Å². The van der Waals surface area contributed by atoms with Crippen LogP contribution in [-0.4, -0.2) is 25.4 Å². The first kappa shape index (κ1) is 15.3. The van der Waals surface area contributed by atoms with Gasteiger partial charge >= 0.3 is 14.2 Å². The van der Waals surface area contributed by atoms with Gasteiger partial charge in [0.25, 0.3) is 0 Å². The standard InChI is InChI=1S/C7H7BO2.C7H15BO2/c1-8-9-6-4-2-3-5-7(6)10-8;1-6(2)7(3,4)10-8(5)9-6/h2-5H,1H3;1-5H3. The van der Waals surface area contributed by atoms with E-state index in [1.165, 1.54) is 0 Å². The molecular weight excluding hydrogens is 254 g/mol. The van der Waals surface area contributed by atoms with Crippen molar-refractivity contribution in [2.75, 3.05) is 0 Å². The fourth-order valence-electron chi connectivity index (χ4n) is 2.16. The van der Waals surface area contributed by atoms with Crippen LogP contribution in [0.25, 0.3) is 0 Å². The van der Waals surface area contributed by atoms with E-state index < -0.39 is 0 Å². The van der Waals surface area contributed by atoms with Gasteiger partial charge in [-0.1, -0.05) is 12.1 Å². The summed E-state index contributed by atoms with van der Waals surface area (Å²) in [5, 5.41) is 0. The topological polar surface area (TPSA) is 36.9 Å². The molecule has 2 aliphatic rings. The number of benzene rings is 1. The lowest BCUT2D eigenvalue weighted by Gasteiger charge is -2.32. The van der Waals surface area contributed by atoms with Gasteiger partial charge in [0, 0.05) is 0 Å². The van der Waals surface area contributed by atoms with Crippen molar-refractivity contribution in [1.82, 2.24) is 0 Å². The highest BCUT2D eigenvalue weighted by atomic mass is 16.7. The lowest BCUT2D eigenvalue weighted by Crippen LogP contribution is -2.41. The average molecular weight is 276 g/mol. The highest BCUT2D eigenvalue weighted by Crippen LogP contribution is 2.36. The largest absolute Gasteiger partial charge is 0.591 e. The van der Waals surface area contributed by atoms with Crippen molar-refractivity contribution in [3.05, 3.63) is 24.3 Å². The summed E-state index contributed by atoms with van der Waals surface area (Å²) in [6.45, 7) is 12.0. The van der Waals surface area contributed by atoms with Gasteiger partial charge in [0.2, 0.25) is 0 Å². The SMILES string of the molecule is CB1OC(C)(C)C(C)(C)O1.CB1Oc2ccccc2O1. The fraction of sp³-hybridized carbons (Fsp3) is 0.571. The fourth-order valence-corrected chi connectivity index (χ4v) is 2.16. The molecular formula is C14H22B2O4. The molecule has 0 spiro atoms. The summed E-state index contributed by atoms with van der Waals surface area (Å²) in [5.74, 6) is 1.69. The normalized spacial score (nSPS) is 21.5. The summed E-state index contributed by atoms with van der Waals surface area (Å²) >= 11 is 0. The molecule has 0 saturated carbocycles. The molecule has 2 heterocycles. The van der Waals surface area contributed by atoms with Gasteiger partial charge in [0.05, 0.1) is 11.2 Å². The van der Waals surface area contributed by atoms with Crippen LogP contribution in [0.4, 0.5) is 0 Å². The summed E-state index contributed by atoms with van der Waals surface area (Å²) in [6.07, 6.45) is 0. The lowest BCUT2D eigenvalue weighted by atomic mass is 9.90. The van der Waals surface area contributed by atoms with Gasteiger partial charge in [0.15, 0.2) is 0 Å². The number of hydrogen-bond acceptors (Lipinski definition) is 4. The van der Waals surface area contributed by atoms with Gasteiger partial charge in [-0.25, -0.2) is 0 Å². The molecule has 108 valence electrons. The lowest BCUT2D eigenvalue weighted by molar-refractivity contribution is 0.00578. The monoisotopic (exact) mass is 276 g/mol. The van der Waals surface area contributed by atoms with Crippen LogP contribution in [0.2, 0.25) is 13.6 Å². The molecule has 0 aromatic heterocycles. The Kier molecular flexibility index (Phi) is 4.07. The minimum Gasteiger partial charge on any atom is -0.523 e. The van der Waals surface area contributed by atoms with E-state index in [4.69, 9.17) is 18.6 Å². The molecule has 20 heavy (non-hydrogen) atoms. The van der Waals surface area contributed by atoms with Gasteiger partial charge in [-0.3, -0.25) is 0 Å². The molecule has 1 aromatic rings. The Morgan fingerprint density at radius 2 is 1.15 bits per heavy atom. The summed E-state index contributed by atoms with van der Waals surface area (Å²) < 4.78 is 21.7. The van der Waals surface area contributed by atoms with Crippen LogP contribution >= 0.6 is 0 Å². The molecule has 1 fully saturated rings. The Morgan fingerprint density at radius 3 is 1.45 bits per heavy atom. The summed E-state index contributed by atoms with van der Waals surface area (Å²) in [4.78, 5) is 0. The van der Waals surface area contributed by atoms with Crippen molar-refractivity contribution < 1.29 is 18.6 Å². The first-order chi connectivity index (χ1) is 9.21. The number of rotatable bonds is 0. The van der Waals surface area contributed by atoms with Gasteiger partial charge < -0.3 is 18.6 Å². The van der Waals surface area contributed by atoms with Crippen LogP contribution in [0.5, 0.6) is 11.5 Å². The second-order valence-electron chi connectivity index (χ2n) is 6.07. The van der Waals surface area contributed by atoms with E-state index in [2.05, 4.69) is 27.7 Å². The molecule has 0 radical (unpaired) electrons. The predicted molar refractivity (Wildman–Crippen MR) is 81.3 cm³/mol. The molecule has 2 aliphatic heterocycles. The number of para-hydroxylation sites is 2. The molecule has 0 aliphatic carbocycles. The molecule has 3 rings (SSSR count). The van der Waals surface area contributed by atoms with E-state index in [1.54, 1.807) is 0 Å². The van der Waals surface area contributed by atoms with Gasteiger partial charge in [0.1, 0.15) is 11.5 Å². The minimum absolute atomic E-state index is 0.0648. The Balaban J connectivity index is 0.000000147. The number of hydrogen-bond donors (Lipinski definition) is 0. The van der Waals surface area contributed by atoms with E-state index in [-0.39, 0.29) is 25.4 Å². The highest BCUT2D eigenvalue weighted by molar-refractivity contribution is 6.45. The van der Waals surface area contributed by atoms with E-state index in [9.17, 15) is 0 Å². The van der Waals surface area contributed by atoms with Crippen molar-refractivity contribution in [2.45, 2.75) is 52.5 Å². The van der Waals surface area contributed by atoms with Crippen LogP contribution in [0.1, 0.15) is 27.7 Å². The number of fused-ring (bicyclic) bond motifs is 1. The zero-order valence-corrected chi connectivity index (χ0v) is 13.1. The van der Waals surface area contributed by atoms with Crippen LogP contribution in [0.3, 0.4) is 0 Å². The van der Waals surface area contributed by atoms with Crippen molar-refractivity contribution in [2.24, 2.45) is 0 Å². The predicted octanol–water partition coefficient (Wildman–Crippen LogP) is 3.28. The van der Waals surface area contributed by atoms with Crippen LogP contribution in [0.15, 0.2) is 24.3 Å². The van der Waals surface area contributed by atoms with Crippen LogP contribution in [-0.2, 0) is 9.31 Å². The average Bonchev–Trinajstić information content (AvgIpc) is 2.75. The third kappa shape index (κ3) is 3.13. The third-order valence-electron chi connectivity index (χ3n) is 3.81. The highest BCUT2D eigenvalue weighted by Gasteiger charge is 2.48. The summed E-state index contributed by atoms with van der Waals surface area (Å²) in [5.41, 5.74) is -0.321. The van der Waals surface area contributed by atoms with Crippen molar-refractivity contribution in [1.29, 1.82) is 0 Å². The first-order valence-electron chi connectivity index (χ1n) is 6.99. The molecule has 0 unspecified atom stereocenters. The molecule has 6 heteroatoms. The third-order valence-corrected chi connectivity index (χ3v) is 3.81. The van der Waals surface area contributed by atoms with Crippen molar-refractivity contribution in [3.63, 3.8) is 0 Å². The van der Waals surface area contributed by atoms with Crippen molar-refractivity contribution in [3.8, 4) is 11.5 Å². The van der Waals surface area contributed by atoms with Gasteiger partial charge in [-0.05, 0) is 53.5 Å². The molecule has 4 nitrogen and oxygen atoms in total. The first-order valence-corrected chi connectivity index (χ1v) is 6.99. The van der Waals surface area contributed by atoms with E-state index in [0.29, 0.717) is 0 Å². The zero-order chi connectivity index (χ0) is 15.0. The maximum Gasteiger partial charge on any atom is 0.591 e. The van der Waals surface area contributed by atoms with Crippen LogP contribution < -0.4 is 9.31 Å². The second-order valence-corrected chi connectivity index (χ2v) is 6.07. The maximum absolute atomic E-state index is 5.54. The second kappa shape index (κ2) is 5.34. The Morgan fingerprint density at radius 1 is 0.750 bits per heavy atom. The summed E-state index contributed by atoms with van der Waals surface area (Å²) in [7, 11) is -0.192. The molecule has 0 N–H and O–H groups in total. The quantitative estimate of drug-likeness (QED) is 0.681. The summed E-state index contributed by atoms with van der Waals surface area (Å²) in [6, 6.07) is 7.66. The molecule has 0 bridgehead atoms. The molecule has 1 aromatic carbocycles. The maximum atomic E-state index is 5.54. The Hall–Kier alpha value is -1.13. The van der Waals surface area contributed by atoms with Gasteiger partial charge in [-0.2, -0.15) is 0 Å². The van der Waals surface area contributed by atoms with E-state index in [1.807, 2.05) is 37.9 Å². The smallest absolute Gasteiger partial charge is 0.523 e.